The van der Waals surface area contributed by atoms with E-state index < -0.39 is 0 Å². The van der Waals surface area contributed by atoms with Gasteiger partial charge in [-0.2, -0.15) is 0 Å². The van der Waals surface area contributed by atoms with Crippen LogP contribution in [-0.4, -0.2) is 26.2 Å². The van der Waals surface area contributed by atoms with Crippen molar-refractivity contribution in [2.24, 2.45) is 4.99 Å². The van der Waals surface area contributed by atoms with Crippen molar-refractivity contribution in [2.75, 3.05) is 20.3 Å². The minimum atomic E-state index is 0.563. The third kappa shape index (κ3) is 5.99. The highest BCUT2D eigenvalue weighted by molar-refractivity contribution is 5.79. The molecule has 0 bridgehead atoms. The van der Waals surface area contributed by atoms with Crippen molar-refractivity contribution in [2.45, 2.75) is 33.9 Å². The molecule has 0 aliphatic heterocycles. The van der Waals surface area contributed by atoms with Gasteiger partial charge >= 0.3 is 0 Å². The molecule has 26 heavy (non-hydrogen) atoms. The third-order valence-corrected chi connectivity index (χ3v) is 3.87. The van der Waals surface area contributed by atoms with E-state index in [1.807, 2.05) is 25.1 Å². The Labute approximate surface area is 156 Å². The SMILES string of the molecule is CCNC(=NCc1ccc(OC)c(OCC)c1)NCc1ccc(C)cc1. The molecule has 2 aromatic carbocycles. The normalized spacial score (nSPS) is 11.2. The van der Waals surface area contributed by atoms with Crippen molar-refractivity contribution in [3.05, 3.63) is 59.2 Å². The van der Waals surface area contributed by atoms with E-state index in [0.717, 1.165) is 36.1 Å². The lowest BCUT2D eigenvalue weighted by atomic mass is 10.1. The van der Waals surface area contributed by atoms with Crippen molar-refractivity contribution < 1.29 is 9.47 Å². The lowest BCUT2D eigenvalue weighted by Crippen LogP contribution is -2.36. The Morgan fingerprint density at radius 2 is 1.69 bits per heavy atom. The van der Waals surface area contributed by atoms with Crippen LogP contribution in [-0.2, 0) is 13.1 Å². The number of benzene rings is 2. The zero-order valence-corrected chi connectivity index (χ0v) is 16.1. The summed E-state index contributed by atoms with van der Waals surface area (Å²) in [7, 11) is 1.65. The van der Waals surface area contributed by atoms with E-state index in [4.69, 9.17) is 9.47 Å². The highest BCUT2D eigenvalue weighted by atomic mass is 16.5. The second-order valence-electron chi connectivity index (χ2n) is 5.95. The predicted molar refractivity (Wildman–Crippen MR) is 107 cm³/mol. The second-order valence-corrected chi connectivity index (χ2v) is 5.95. The monoisotopic (exact) mass is 355 g/mol. The highest BCUT2D eigenvalue weighted by Gasteiger charge is 2.05. The molecule has 140 valence electrons. The summed E-state index contributed by atoms with van der Waals surface area (Å²) in [5, 5.41) is 6.65. The van der Waals surface area contributed by atoms with Crippen LogP contribution in [0.15, 0.2) is 47.5 Å². The maximum Gasteiger partial charge on any atom is 0.191 e. The summed E-state index contributed by atoms with van der Waals surface area (Å²) in [4.78, 5) is 4.67. The lowest BCUT2D eigenvalue weighted by Gasteiger charge is -2.13. The van der Waals surface area contributed by atoms with E-state index in [2.05, 4.69) is 53.7 Å². The third-order valence-electron chi connectivity index (χ3n) is 3.87. The molecular formula is C21H29N3O2. The minimum Gasteiger partial charge on any atom is -0.493 e. The van der Waals surface area contributed by atoms with E-state index in [1.165, 1.54) is 11.1 Å². The Kier molecular flexibility index (Phi) is 7.80. The van der Waals surface area contributed by atoms with Gasteiger partial charge in [0, 0.05) is 13.1 Å². The van der Waals surface area contributed by atoms with Crippen LogP contribution in [0, 0.1) is 6.92 Å². The number of ether oxygens (including phenoxy) is 2. The Balaban J connectivity index is 2.03. The molecule has 0 unspecified atom stereocenters. The maximum absolute atomic E-state index is 5.63. The van der Waals surface area contributed by atoms with Crippen molar-refractivity contribution in [3.63, 3.8) is 0 Å². The number of aliphatic imine (C=N–C) groups is 1. The van der Waals surface area contributed by atoms with Crippen LogP contribution in [0.2, 0.25) is 0 Å². The second kappa shape index (κ2) is 10.3. The summed E-state index contributed by atoms with van der Waals surface area (Å²) >= 11 is 0. The summed E-state index contributed by atoms with van der Waals surface area (Å²) in [5.41, 5.74) is 3.56. The molecule has 0 aliphatic carbocycles. The Morgan fingerprint density at radius 3 is 2.35 bits per heavy atom. The van der Waals surface area contributed by atoms with Gasteiger partial charge in [0.15, 0.2) is 17.5 Å². The number of hydrogen-bond acceptors (Lipinski definition) is 3. The molecule has 0 atom stereocenters. The van der Waals surface area contributed by atoms with Crippen molar-refractivity contribution >= 4 is 5.96 Å². The first-order valence-electron chi connectivity index (χ1n) is 9.03. The van der Waals surface area contributed by atoms with Crippen LogP contribution in [0.25, 0.3) is 0 Å². The van der Waals surface area contributed by atoms with Gasteiger partial charge in [-0.25, -0.2) is 4.99 Å². The average molecular weight is 355 g/mol. The molecule has 0 spiro atoms. The molecular weight excluding hydrogens is 326 g/mol. The van der Waals surface area contributed by atoms with Gasteiger partial charge in [-0.3, -0.25) is 0 Å². The summed E-state index contributed by atoms with van der Waals surface area (Å²) in [5.74, 6) is 2.28. The quantitative estimate of drug-likeness (QED) is 0.560. The minimum absolute atomic E-state index is 0.563. The topological polar surface area (TPSA) is 54.9 Å². The van der Waals surface area contributed by atoms with Crippen molar-refractivity contribution in [1.82, 2.24) is 10.6 Å². The number of nitrogens with zero attached hydrogens (tertiary/aromatic N) is 1. The van der Waals surface area contributed by atoms with Crippen LogP contribution < -0.4 is 20.1 Å². The van der Waals surface area contributed by atoms with Gasteiger partial charge in [-0.15, -0.1) is 0 Å². The smallest absolute Gasteiger partial charge is 0.191 e. The van der Waals surface area contributed by atoms with Crippen molar-refractivity contribution in [3.8, 4) is 11.5 Å². The fraction of sp³-hybridized carbons (Fsp3) is 0.381. The molecule has 0 aliphatic rings. The van der Waals surface area contributed by atoms with Crippen LogP contribution in [0.3, 0.4) is 0 Å². The molecule has 2 aromatic rings. The number of hydrogen-bond donors (Lipinski definition) is 2. The molecule has 0 fully saturated rings. The molecule has 5 nitrogen and oxygen atoms in total. The fourth-order valence-corrected chi connectivity index (χ4v) is 2.49. The van der Waals surface area contributed by atoms with Gasteiger partial charge in [0.1, 0.15) is 0 Å². The van der Waals surface area contributed by atoms with Crippen LogP contribution >= 0.6 is 0 Å². The van der Waals surface area contributed by atoms with Crippen LogP contribution in [0.4, 0.5) is 0 Å². The molecule has 0 radical (unpaired) electrons. The first-order valence-corrected chi connectivity index (χ1v) is 9.03. The number of rotatable bonds is 8. The fourth-order valence-electron chi connectivity index (χ4n) is 2.49. The van der Waals surface area contributed by atoms with E-state index in [9.17, 15) is 0 Å². The van der Waals surface area contributed by atoms with E-state index in [1.54, 1.807) is 7.11 Å². The number of guanidine groups is 1. The molecule has 0 saturated carbocycles. The largest absolute Gasteiger partial charge is 0.493 e. The van der Waals surface area contributed by atoms with Crippen LogP contribution in [0.5, 0.6) is 11.5 Å². The van der Waals surface area contributed by atoms with E-state index >= 15 is 0 Å². The van der Waals surface area contributed by atoms with Gasteiger partial charge in [-0.05, 0) is 44.0 Å². The summed E-state index contributed by atoms with van der Waals surface area (Å²) < 4.78 is 11.0. The first-order chi connectivity index (χ1) is 12.7. The van der Waals surface area contributed by atoms with Crippen LogP contribution in [0.1, 0.15) is 30.5 Å². The average Bonchev–Trinajstić information content (AvgIpc) is 2.66. The molecule has 0 aromatic heterocycles. The zero-order chi connectivity index (χ0) is 18.8. The number of nitrogens with one attached hydrogen (secondary N) is 2. The molecule has 5 heteroatoms. The maximum atomic E-state index is 5.63. The van der Waals surface area contributed by atoms with Gasteiger partial charge in [-0.1, -0.05) is 35.9 Å². The Bertz CT molecular complexity index is 712. The van der Waals surface area contributed by atoms with Gasteiger partial charge in [0.2, 0.25) is 0 Å². The van der Waals surface area contributed by atoms with Gasteiger partial charge in [0.25, 0.3) is 0 Å². The van der Waals surface area contributed by atoms with E-state index in [-0.39, 0.29) is 0 Å². The predicted octanol–water partition coefficient (Wildman–Crippen LogP) is 3.66. The molecule has 0 amide bonds. The lowest BCUT2D eigenvalue weighted by molar-refractivity contribution is 0.310. The van der Waals surface area contributed by atoms with Gasteiger partial charge in [0.05, 0.1) is 20.3 Å². The number of aryl methyl sites for hydroxylation is 1. The first kappa shape index (κ1) is 19.6. The molecule has 0 heterocycles. The Morgan fingerprint density at radius 1 is 0.962 bits per heavy atom. The summed E-state index contributed by atoms with van der Waals surface area (Å²) in [6.07, 6.45) is 0. The number of methoxy groups -OCH3 is 1. The summed E-state index contributed by atoms with van der Waals surface area (Å²) in [6.45, 7) is 8.82. The highest BCUT2D eigenvalue weighted by Crippen LogP contribution is 2.28. The standard InChI is InChI=1S/C21H29N3O2/c1-5-22-21(23-14-17-9-7-16(3)8-10-17)24-15-18-11-12-19(25-4)20(13-18)26-6-2/h7-13H,5-6,14-15H2,1-4H3,(H2,22,23,24). The van der Waals surface area contributed by atoms with E-state index in [0.29, 0.717) is 13.2 Å². The molecule has 2 rings (SSSR count). The summed E-state index contributed by atoms with van der Waals surface area (Å²) in [6, 6.07) is 14.4. The van der Waals surface area contributed by atoms with Gasteiger partial charge < -0.3 is 20.1 Å². The van der Waals surface area contributed by atoms with Crippen molar-refractivity contribution in [1.29, 1.82) is 0 Å². The zero-order valence-electron chi connectivity index (χ0n) is 16.1. The molecule has 0 saturated heterocycles. The Hall–Kier alpha value is -2.69. The molecule has 2 N–H and O–H groups in total.